The molecule has 3 N–H and O–H groups in total. The summed E-state index contributed by atoms with van der Waals surface area (Å²) in [5, 5.41) is 16.4. The first-order valence-electron chi connectivity index (χ1n) is 8.05. The predicted octanol–water partition coefficient (Wildman–Crippen LogP) is 2.05. The monoisotopic (exact) mass is 330 g/mol. The van der Waals surface area contributed by atoms with E-state index in [0.717, 1.165) is 12.1 Å². The van der Waals surface area contributed by atoms with Crippen LogP contribution in [-0.4, -0.2) is 35.7 Å². The Morgan fingerprint density at radius 1 is 1.21 bits per heavy atom. The van der Waals surface area contributed by atoms with Gasteiger partial charge in [-0.2, -0.15) is 0 Å². The van der Waals surface area contributed by atoms with Crippen molar-refractivity contribution in [2.45, 2.75) is 19.4 Å². The standard InChI is InChI=1S/C18H23FN4O/c1-2-20-18(22-12-10-14-7-5-6-11-21-14)23-13-17(24)15-8-3-4-9-16(15)19/h3-9,11,17,24H,2,10,12-13H2,1H3,(H2,20,22,23). The number of nitrogens with one attached hydrogen (secondary N) is 2. The number of aromatic nitrogens is 1. The van der Waals surface area contributed by atoms with E-state index in [2.05, 4.69) is 20.6 Å². The van der Waals surface area contributed by atoms with E-state index < -0.39 is 11.9 Å². The van der Waals surface area contributed by atoms with E-state index in [1.807, 2.05) is 25.1 Å². The molecule has 0 aliphatic carbocycles. The first-order valence-corrected chi connectivity index (χ1v) is 8.05. The highest BCUT2D eigenvalue weighted by molar-refractivity contribution is 5.79. The molecule has 1 aromatic heterocycles. The fourth-order valence-corrected chi connectivity index (χ4v) is 2.22. The van der Waals surface area contributed by atoms with Gasteiger partial charge in [0.1, 0.15) is 11.9 Å². The molecule has 24 heavy (non-hydrogen) atoms. The van der Waals surface area contributed by atoms with Gasteiger partial charge in [0.2, 0.25) is 0 Å². The van der Waals surface area contributed by atoms with Crippen LogP contribution in [0.4, 0.5) is 4.39 Å². The number of rotatable bonds is 7. The van der Waals surface area contributed by atoms with E-state index in [1.54, 1.807) is 24.4 Å². The van der Waals surface area contributed by atoms with E-state index in [0.29, 0.717) is 19.0 Å². The van der Waals surface area contributed by atoms with E-state index >= 15 is 0 Å². The Kier molecular flexibility index (Phi) is 7.17. The van der Waals surface area contributed by atoms with Gasteiger partial charge in [-0.3, -0.25) is 9.98 Å². The molecular formula is C18H23FN4O. The Labute approximate surface area is 141 Å². The SMILES string of the molecule is CCNC(=NCC(O)c1ccccc1F)NCCc1ccccn1. The van der Waals surface area contributed by atoms with Crippen LogP contribution in [0.2, 0.25) is 0 Å². The van der Waals surface area contributed by atoms with Gasteiger partial charge in [0.15, 0.2) is 5.96 Å². The summed E-state index contributed by atoms with van der Waals surface area (Å²) in [5.74, 6) is 0.164. The molecule has 1 unspecified atom stereocenters. The summed E-state index contributed by atoms with van der Waals surface area (Å²) in [6.45, 7) is 3.41. The minimum Gasteiger partial charge on any atom is -0.386 e. The Hall–Kier alpha value is -2.47. The molecule has 0 amide bonds. The maximum Gasteiger partial charge on any atom is 0.191 e. The minimum absolute atomic E-state index is 0.0832. The quantitative estimate of drug-likeness (QED) is 0.537. The molecule has 1 heterocycles. The maximum absolute atomic E-state index is 13.7. The van der Waals surface area contributed by atoms with Crippen LogP contribution in [0.15, 0.2) is 53.7 Å². The van der Waals surface area contributed by atoms with Gasteiger partial charge in [0, 0.05) is 37.0 Å². The van der Waals surface area contributed by atoms with E-state index in [1.165, 1.54) is 6.07 Å². The van der Waals surface area contributed by atoms with Gasteiger partial charge in [-0.15, -0.1) is 0 Å². The van der Waals surface area contributed by atoms with Gasteiger partial charge in [0.25, 0.3) is 0 Å². The summed E-state index contributed by atoms with van der Waals surface area (Å²) in [6.07, 6.45) is 1.55. The second kappa shape index (κ2) is 9.62. The molecule has 0 spiro atoms. The van der Waals surface area contributed by atoms with Crippen LogP contribution in [0.3, 0.4) is 0 Å². The molecule has 0 bridgehead atoms. The van der Waals surface area contributed by atoms with Gasteiger partial charge in [0.05, 0.1) is 6.54 Å². The van der Waals surface area contributed by atoms with E-state index in [4.69, 9.17) is 0 Å². The number of nitrogens with zero attached hydrogens (tertiary/aromatic N) is 2. The number of pyridine rings is 1. The second-order valence-electron chi connectivity index (χ2n) is 5.25. The topological polar surface area (TPSA) is 69.5 Å². The fourth-order valence-electron chi connectivity index (χ4n) is 2.22. The lowest BCUT2D eigenvalue weighted by Crippen LogP contribution is -2.38. The fraction of sp³-hybridized carbons (Fsp3) is 0.333. The number of aliphatic hydroxyl groups excluding tert-OH is 1. The molecule has 0 aliphatic rings. The molecule has 1 atom stereocenters. The highest BCUT2D eigenvalue weighted by atomic mass is 19.1. The summed E-state index contributed by atoms with van der Waals surface area (Å²) < 4.78 is 13.7. The van der Waals surface area contributed by atoms with Crippen molar-refractivity contribution < 1.29 is 9.50 Å². The first kappa shape index (κ1) is 17.9. The number of aliphatic hydroxyl groups is 1. The van der Waals surface area contributed by atoms with Crippen LogP contribution in [-0.2, 0) is 6.42 Å². The van der Waals surface area contributed by atoms with Crippen molar-refractivity contribution >= 4 is 5.96 Å². The summed E-state index contributed by atoms with van der Waals surface area (Å²) in [6, 6.07) is 12.0. The molecule has 0 saturated heterocycles. The van der Waals surface area contributed by atoms with Crippen molar-refractivity contribution in [3.63, 3.8) is 0 Å². The Morgan fingerprint density at radius 2 is 2.00 bits per heavy atom. The van der Waals surface area contributed by atoms with Crippen LogP contribution < -0.4 is 10.6 Å². The van der Waals surface area contributed by atoms with Crippen molar-refractivity contribution in [3.8, 4) is 0 Å². The minimum atomic E-state index is -0.975. The van der Waals surface area contributed by atoms with Gasteiger partial charge in [-0.1, -0.05) is 24.3 Å². The molecular weight excluding hydrogens is 307 g/mol. The smallest absolute Gasteiger partial charge is 0.191 e. The third kappa shape index (κ3) is 5.62. The van der Waals surface area contributed by atoms with Gasteiger partial charge < -0.3 is 15.7 Å². The molecule has 128 valence electrons. The zero-order valence-electron chi connectivity index (χ0n) is 13.7. The van der Waals surface area contributed by atoms with E-state index in [-0.39, 0.29) is 12.1 Å². The number of hydrogen-bond donors (Lipinski definition) is 3. The molecule has 0 radical (unpaired) electrons. The zero-order valence-corrected chi connectivity index (χ0v) is 13.7. The van der Waals surface area contributed by atoms with Crippen molar-refractivity contribution in [2.75, 3.05) is 19.6 Å². The van der Waals surface area contributed by atoms with Crippen molar-refractivity contribution in [1.82, 2.24) is 15.6 Å². The number of benzene rings is 1. The lowest BCUT2D eigenvalue weighted by atomic mass is 10.1. The predicted molar refractivity (Wildman–Crippen MR) is 93.3 cm³/mol. The van der Waals surface area contributed by atoms with Gasteiger partial charge >= 0.3 is 0 Å². The van der Waals surface area contributed by atoms with Crippen molar-refractivity contribution in [2.24, 2.45) is 4.99 Å². The average Bonchev–Trinajstić information content (AvgIpc) is 2.60. The molecule has 1 aromatic carbocycles. The molecule has 5 nitrogen and oxygen atoms in total. The maximum atomic E-state index is 13.7. The lowest BCUT2D eigenvalue weighted by Gasteiger charge is -2.13. The summed E-state index contributed by atoms with van der Waals surface area (Å²) >= 11 is 0. The Bertz CT molecular complexity index is 648. The van der Waals surface area contributed by atoms with Crippen molar-refractivity contribution in [3.05, 3.63) is 65.7 Å². The largest absolute Gasteiger partial charge is 0.386 e. The molecule has 0 saturated carbocycles. The van der Waals surface area contributed by atoms with Gasteiger partial charge in [-0.25, -0.2) is 4.39 Å². The van der Waals surface area contributed by atoms with Crippen LogP contribution in [0, 0.1) is 5.82 Å². The normalized spacial score (nSPS) is 12.7. The Morgan fingerprint density at radius 3 is 2.71 bits per heavy atom. The Balaban J connectivity index is 1.89. The number of halogens is 1. The average molecular weight is 330 g/mol. The van der Waals surface area contributed by atoms with Crippen LogP contribution in [0.1, 0.15) is 24.3 Å². The third-order valence-electron chi connectivity index (χ3n) is 3.43. The van der Waals surface area contributed by atoms with Crippen LogP contribution in [0.25, 0.3) is 0 Å². The number of aliphatic imine (C=N–C) groups is 1. The van der Waals surface area contributed by atoms with E-state index in [9.17, 15) is 9.50 Å². The van der Waals surface area contributed by atoms with Crippen molar-refractivity contribution in [1.29, 1.82) is 0 Å². The molecule has 6 heteroatoms. The van der Waals surface area contributed by atoms with Crippen LogP contribution in [0.5, 0.6) is 0 Å². The second-order valence-corrected chi connectivity index (χ2v) is 5.25. The molecule has 2 aromatic rings. The molecule has 0 aliphatic heterocycles. The van der Waals surface area contributed by atoms with Crippen LogP contribution >= 0.6 is 0 Å². The zero-order chi connectivity index (χ0) is 17.2. The number of guanidine groups is 1. The molecule has 2 rings (SSSR count). The summed E-state index contributed by atoms with van der Waals surface area (Å²) in [5.41, 5.74) is 1.25. The van der Waals surface area contributed by atoms with Gasteiger partial charge in [-0.05, 0) is 25.1 Å². The summed E-state index contributed by atoms with van der Waals surface area (Å²) in [4.78, 5) is 8.58. The highest BCUT2D eigenvalue weighted by Gasteiger charge is 2.11. The lowest BCUT2D eigenvalue weighted by molar-refractivity contribution is 0.182. The summed E-state index contributed by atoms with van der Waals surface area (Å²) in [7, 11) is 0. The molecule has 0 fully saturated rings. The number of hydrogen-bond acceptors (Lipinski definition) is 3. The first-order chi connectivity index (χ1) is 11.7. The highest BCUT2D eigenvalue weighted by Crippen LogP contribution is 2.16. The third-order valence-corrected chi connectivity index (χ3v) is 3.43.